The Hall–Kier alpha value is -10.9. The Morgan fingerprint density at radius 2 is 0.882 bits per heavy atom. The maximum absolute atomic E-state index is 14.2. The van der Waals surface area contributed by atoms with Crippen LogP contribution in [0, 0.1) is 5.92 Å². The van der Waals surface area contributed by atoms with Crippen molar-refractivity contribution in [3.05, 3.63) is 65.7 Å². The minimum atomic E-state index is -1.98. The zero-order chi connectivity index (χ0) is 76.8. The molecule has 564 valence electrons. The summed E-state index contributed by atoms with van der Waals surface area (Å²) in [6, 6.07) is -3.63. The number of aliphatic imine (C=N–C) groups is 2. The van der Waals surface area contributed by atoms with E-state index in [0.717, 1.165) is 0 Å². The Morgan fingerprint density at radius 3 is 1.36 bits per heavy atom. The molecule has 0 saturated carbocycles. The summed E-state index contributed by atoms with van der Waals surface area (Å²) in [4.78, 5) is 208. The Bertz CT molecular complexity index is 3270. The van der Waals surface area contributed by atoms with Gasteiger partial charge in [-0.15, -0.1) is 0 Å². The topological polar surface area (TPSA) is 682 Å². The lowest BCUT2D eigenvalue weighted by atomic mass is 10.0. The number of guanidine groups is 2. The Kier molecular flexibility index (Phi) is 39.1. The normalized spacial score (nSPS) is 14.1. The number of carboxylic acids is 1. The lowest BCUT2D eigenvalue weighted by Gasteiger charge is -2.27. The molecule has 0 spiro atoms. The molecule has 0 bridgehead atoms. The maximum atomic E-state index is 14.2. The van der Waals surface area contributed by atoms with E-state index in [1.807, 2.05) is 0 Å². The van der Waals surface area contributed by atoms with Crippen molar-refractivity contribution < 1.29 is 87.2 Å². The number of nitrogens with zero attached hydrogens (tertiary/aromatic N) is 2. The number of carbonyl (C=O) groups is 15. The predicted molar refractivity (Wildman–Crippen MR) is 371 cm³/mol. The summed E-state index contributed by atoms with van der Waals surface area (Å²) in [6.07, 6.45) is -1.68. The molecule has 0 aliphatic rings. The van der Waals surface area contributed by atoms with Gasteiger partial charge in [0.15, 0.2) is 11.9 Å². The fraction of sp³-hybridized carbons (Fsp3) is 0.532. The third kappa shape index (κ3) is 34.7. The van der Waals surface area contributed by atoms with Crippen LogP contribution in [-0.2, 0) is 84.8 Å². The van der Waals surface area contributed by atoms with Gasteiger partial charge in [-0.05, 0) is 99.5 Å². The summed E-state index contributed by atoms with van der Waals surface area (Å²) in [5.41, 5.74) is 45.1. The summed E-state index contributed by atoms with van der Waals surface area (Å²) >= 11 is 1.18. The van der Waals surface area contributed by atoms with Crippen LogP contribution in [0.3, 0.4) is 0 Å². The Morgan fingerprint density at radius 1 is 0.461 bits per heavy atom. The van der Waals surface area contributed by atoms with E-state index in [-0.39, 0.29) is 93.8 Å². The summed E-state index contributed by atoms with van der Waals surface area (Å²) in [6.45, 7) is 2.91. The van der Waals surface area contributed by atoms with Crippen LogP contribution < -0.4 is 104 Å². The molecule has 39 nitrogen and oxygen atoms in total. The van der Waals surface area contributed by atoms with Crippen molar-refractivity contribution in [1.29, 1.82) is 0 Å². The monoisotopic (exact) mass is 1460 g/mol. The average molecular weight is 1460 g/mol. The molecule has 0 unspecified atom stereocenters. The van der Waals surface area contributed by atoms with Crippen LogP contribution in [0.2, 0.25) is 0 Å². The van der Waals surface area contributed by atoms with Crippen LogP contribution in [0.5, 0.6) is 5.75 Å². The minimum absolute atomic E-state index is 0.00386. The molecule has 11 atom stereocenters. The molecule has 14 amide bonds. The number of aliphatic hydroxyl groups is 1. The first kappa shape index (κ1) is 87.2. The third-order valence-corrected chi connectivity index (χ3v) is 15.4. The first-order valence-electron chi connectivity index (χ1n) is 32.2. The van der Waals surface area contributed by atoms with Crippen LogP contribution in [0.1, 0.15) is 96.1 Å². The standard InChI is InChI=1S/C62H97N21O18S/c1-31(2)24-41(56(96)79-40(60(100)101)13-9-22-72-62(69)70)75-49(89)29-73-50(90)32(3)74-55(95)42(26-33-10-6-5-7-11-33)80-57(97)44(28-48(66)88)82-58(98)43(27-47(65)87)81-54(94)39(20-23-102-4)78-59(99)45(30-84)83-53(93)38(18-19-46(64)86)77-52(92)37(12-8-21-71-61(67)68)76-51(91)36(63)25-34-14-16-35(85)17-15-34/h5-7,10-11,14-17,31-32,36-45,84-85H,8-9,12-13,18-30,63H2,1-4H3,(H2,64,86)(H2,65,87)(H2,66,88)(H,73,90)(H,74,95)(H,75,89)(H,76,91)(H,77,92)(H,78,99)(H,79,96)(H,80,97)(H,81,94)(H,82,98)(H,83,93)(H,100,101)(H4,67,68,71)(H4,69,70,72)/t32-,36-,37-,38-,39-,40-,41-,42-,43-,44-,45-/m0/s1. The number of nitrogens with one attached hydrogen (secondary N) is 11. The lowest BCUT2D eigenvalue weighted by molar-refractivity contribution is -0.142. The number of amides is 14. The molecule has 2 aromatic carbocycles. The number of carbonyl (C=O) groups excluding carboxylic acids is 14. The molecule has 30 N–H and O–H groups in total. The first-order valence-corrected chi connectivity index (χ1v) is 33.6. The van der Waals surface area contributed by atoms with Gasteiger partial charge in [0.05, 0.1) is 32.0 Å². The Labute approximate surface area is 591 Å². The number of primary amides is 3. The van der Waals surface area contributed by atoms with Crippen LogP contribution in [-0.4, -0.2) is 221 Å². The third-order valence-electron chi connectivity index (χ3n) is 14.8. The van der Waals surface area contributed by atoms with Crippen molar-refractivity contribution in [2.75, 3.05) is 38.2 Å². The van der Waals surface area contributed by atoms with Crippen LogP contribution in [0.15, 0.2) is 64.6 Å². The van der Waals surface area contributed by atoms with Crippen LogP contribution in [0.25, 0.3) is 0 Å². The molecule has 0 aliphatic heterocycles. The molecule has 0 heterocycles. The number of aromatic hydroxyl groups is 1. The largest absolute Gasteiger partial charge is 0.508 e. The molecule has 0 fully saturated rings. The number of carboxylic acid groups (broad SMARTS) is 1. The van der Waals surface area contributed by atoms with E-state index in [1.54, 1.807) is 50.4 Å². The number of benzene rings is 2. The molecular weight excluding hydrogens is 1360 g/mol. The summed E-state index contributed by atoms with van der Waals surface area (Å²) in [5, 5.41) is 55.9. The number of aliphatic carboxylic acids is 1. The highest BCUT2D eigenvalue weighted by Crippen LogP contribution is 2.14. The maximum Gasteiger partial charge on any atom is 0.326 e. The molecule has 0 aromatic heterocycles. The van der Waals surface area contributed by atoms with Crippen molar-refractivity contribution in [3.63, 3.8) is 0 Å². The zero-order valence-corrected chi connectivity index (χ0v) is 57.8. The highest BCUT2D eigenvalue weighted by atomic mass is 32.2. The molecule has 40 heteroatoms. The van der Waals surface area contributed by atoms with Gasteiger partial charge in [0, 0.05) is 25.9 Å². The van der Waals surface area contributed by atoms with Gasteiger partial charge < -0.3 is 120 Å². The van der Waals surface area contributed by atoms with E-state index in [9.17, 15) is 87.2 Å². The number of rotatable bonds is 48. The van der Waals surface area contributed by atoms with Gasteiger partial charge in [0.2, 0.25) is 82.7 Å². The van der Waals surface area contributed by atoms with Crippen LogP contribution in [0.4, 0.5) is 0 Å². The van der Waals surface area contributed by atoms with Gasteiger partial charge in [0.1, 0.15) is 66.2 Å². The Balaban J connectivity index is 2.35. The highest BCUT2D eigenvalue weighted by molar-refractivity contribution is 7.98. The second kappa shape index (κ2) is 45.7. The van der Waals surface area contributed by atoms with Gasteiger partial charge in [0.25, 0.3) is 0 Å². The van der Waals surface area contributed by atoms with Crippen molar-refractivity contribution in [3.8, 4) is 5.75 Å². The zero-order valence-electron chi connectivity index (χ0n) is 57.0. The number of phenols is 1. The first-order chi connectivity index (χ1) is 48.0. The second-order valence-electron chi connectivity index (χ2n) is 23.9. The number of phenolic OH excluding ortho intramolecular Hbond substituents is 1. The number of hydrogen-bond acceptors (Lipinski definition) is 21. The number of hydrogen-bond donors (Lipinski definition) is 22. The van der Waals surface area contributed by atoms with Gasteiger partial charge in [-0.25, -0.2) is 4.79 Å². The molecular formula is C62H97N21O18S. The molecule has 2 rings (SSSR count). The fourth-order valence-corrected chi connectivity index (χ4v) is 9.95. The number of nitrogens with two attached hydrogens (primary N) is 8. The van der Waals surface area contributed by atoms with E-state index < -0.39 is 194 Å². The minimum Gasteiger partial charge on any atom is -0.508 e. The van der Waals surface area contributed by atoms with E-state index in [1.165, 1.54) is 43.0 Å². The van der Waals surface area contributed by atoms with Gasteiger partial charge in [-0.3, -0.25) is 77.1 Å². The molecule has 102 heavy (non-hydrogen) atoms. The van der Waals surface area contributed by atoms with E-state index in [2.05, 4.69) is 68.5 Å². The second-order valence-corrected chi connectivity index (χ2v) is 24.9. The highest BCUT2D eigenvalue weighted by Gasteiger charge is 2.37. The number of aliphatic hydroxyl groups excluding tert-OH is 1. The number of thioether (sulfide) groups is 1. The fourth-order valence-electron chi connectivity index (χ4n) is 9.48. The van der Waals surface area contributed by atoms with Crippen molar-refractivity contribution >= 4 is 112 Å². The average Bonchev–Trinajstić information content (AvgIpc) is 0.845. The van der Waals surface area contributed by atoms with E-state index >= 15 is 0 Å². The molecule has 2 aromatic rings. The quantitative estimate of drug-likeness (QED) is 0.0166. The molecule has 0 aliphatic carbocycles. The van der Waals surface area contributed by atoms with Crippen LogP contribution >= 0.6 is 11.8 Å². The summed E-state index contributed by atoms with van der Waals surface area (Å²) in [5.74, 6) is -16.8. The summed E-state index contributed by atoms with van der Waals surface area (Å²) in [7, 11) is 0. The smallest absolute Gasteiger partial charge is 0.326 e. The SMILES string of the molecule is CSCC[C@H](NC(=O)[C@H](CO)NC(=O)[C@H](CCC(N)=O)NC(=O)[C@H](CCCN=C(N)N)NC(=O)[C@@H](N)Cc1ccc(O)cc1)C(=O)N[C@@H](CC(N)=O)C(=O)N[C@@H](CC(N)=O)C(=O)N[C@@H](Cc1ccccc1)C(=O)N[C@@H](C)C(=O)NCC(=O)N[C@@H](CC(C)C)C(=O)N[C@@H](CCCN=C(N)N)C(=O)O. The van der Waals surface area contributed by atoms with E-state index in [0.29, 0.717) is 11.1 Å². The van der Waals surface area contributed by atoms with Gasteiger partial charge in [-0.2, -0.15) is 11.8 Å². The van der Waals surface area contributed by atoms with Gasteiger partial charge in [-0.1, -0.05) is 56.3 Å². The van der Waals surface area contributed by atoms with Crippen molar-refractivity contribution in [2.24, 2.45) is 61.8 Å². The van der Waals surface area contributed by atoms with Crippen molar-refractivity contribution in [1.82, 2.24) is 58.5 Å². The lowest BCUT2D eigenvalue weighted by Crippen LogP contribution is -2.61. The van der Waals surface area contributed by atoms with Gasteiger partial charge >= 0.3 is 5.97 Å². The predicted octanol–water partition coefficient (Wildman–Crippen LogP) is -8.51. The summed E-state index contributed by atoms with van der Waals surface area (Å²) < 4.78 is 0. The molecule has 0 saturated heterocycles. The van der Waals surface area contributed by atoms with Crippen molar-refractivity contribution in [2.45, 2.75) is 164 Å². The molecule has 0 radical (unpaired) electrons. The van der Waals surface area contributed by atoms with E-state index in [4.69, 9.17) is 45.9 Å².